The van der Waals surface area contributed by atoms with E-state index in [0.717, 1.165) is 12.8 Å². The SMILES string of the molecule is CCCCNC(=O)NS(=O)(=O)c1ccc(NC(=O)c2ccccc2OC(C)=O)cc1. The van der Waals surface area contributed by atoms with Crippen LogP contribution in [-0.4, -0.2) is 32.9 Å². The summed E-state index contributed by atoms with van der Waals surface area (Å²) in [6.45, 7) is 3.55. The number of benzene rings is 2. The van der Waals surface area contributed by atoms with Crippen LogP contribution < -0.4 is 20.1 Å². The zero-order valence-electron chi connectivity index (χ0n) is 16.6. The molecule has 2 rings (SSSR count). The number of para-hydroxylation sites is 1. The van der Waals surface area contributed by atoms with Crippen molar-refractivity contribution in [3.8, 4) is 5.75 Å². The van der Waals surface area contributed by atoms with Crippen LogP contribution in [0.3, 0.4) is 0 Å². The van der Waals surface area contributed by atoms with Gasteiger partial charge in [-0.15, -0.1) is 0 Å². The van der Waals surface area contributed by atoms with Crippen LogP contribution >= 0.6 is 0 Å². The molecular formula is C20H23N3O6S. The number of amides is 3. The predicted molar refractivity (Wildman–Crippen MR) is 111 cm³/mol. The Labute approximate surface area is 174 Å². The Hall–Kier alpha value is -3.40. The van der Waals surface area contributed by atoms with Gasteiger partial charge in [0.25, 0.3) is 15.9 Å². The molecule has 2 aromatic carbocycles. The fraction of sp³-hybridized carbons (Fsp3) is 0.250. The molecule has 9 nitrogen and oxygen atoms in total. The molecule has 10 heteroatoms. The highest BCUT2D eigenvalue weighted by Gasteiger charge is 2.18. The second-order valence-corrected chi connectivity index (χ2v) is 7.97. The first-order valence-corrected chi connectivity index (χ1v) is 10.7. The summed E-state index contributed by atoms with van der Waals surface area (Å²) < 4.78 is 31.5. The number of hydrogen-bond donors (Lipinski definition) is 3. The third-order valence-electron chi connectivity index (χ3n) is 3.85. The molecule has 0 saturated heterocycles. The summed E-state index contributed by atoms with van der Waals surface area (Å²) in [6, 6.07) is 10.7. The number of carbonyl (C=O) groups is 3. The standard InChI is InChI=1S/C20H23N3O6S/c1-3-4-13-21-20(26)23-30(27,28)16-11-9-15(10-12-16)22-19(25)17-7-5-6-8-18(17)29-14(2)24/h5-12H,3-4,13H2,1-2H3,(H,22,25)(H2,21,23,26). The van der Waals surface area contributed by atoms with Gasteiger partial charge in [-0.05, 0) is 42.8 Å². The molecule has 0 aliphatic rings. The minimum atomic E-state index is -4.05. The second kappa shape index (κ2) is 10.4. The van der Waals surface area contributed by atoms with Gasteiger partial charge in [0.1, 0.15) is 5.75 Å². The van der Waals surface area contributed by atoms with Gasteiger partial charge in [-0.1, -0.05) is 25.5 Å². The molecule has 0 spiro atoms. The Morgan fingerprint density at radius 3 is 2.30 bits per heavy atom. The average Bonchev–Trinajstić information content (AvgIpc) is 2.68. The van der Waals surface area contributed by atoms with Crippen molar-refractivity contribution in [3.05, 3.63) is 54.1 Å². The molecule has 0 aliphatic carbocycles. The molecule has 160 valence electrons. The quantitative estimate of drug-likeness (QED) is 0.333. The molecule has 0 unspecified atom stereocenters. The molecular weight excluding hydrogens is 410 g/mol. The molecule has 0 heterocycles. The van der Waals surface area contributed by atoms with E-state index in [2.05, 4.69) is 10.6 Å². The molecule has 30 heavy (non-hydrogen) atoms. The molecule has 2 aromatic rings. The number of anilines is 1. The number of sulfonamides is 1. The minimum absolute atomic E-state index is 0.111. The van der Waals surface area contributed by atoms with Crippen molar-refractivity contribution in [2.45, 2.75) is 31.6 Å². The highest BCUT2D eigenvalue weighted by molar-refractivity contribution is 7.90. The van der Waals surface area contributed by atoms with Gasteiger partial charge in [0, 0.05) is 19.2 Å². The van der Waals surface area contributed by atoms with Crippen LogP contribution in [-0.2, 0) is 14.8 Å². The van der Waals surface area contributed by atoms with E-state index in [1.807, 2.05) is 11.6 Å². The first-order valence-electron chi connectivity index (χ1n) is 9.22. The number of hydrogen-bond acceptors (Lipinski definition) is 6. The van der Waals surface area contributed by atoms with Crippen LogP contribution in [0.1, 0.15) is 37.0 Å². The van der Waals surface area contributed by atoms with E-state index in [9.17, 15) is 22.8 Å². The second-order valence-electron chi connectivity index (χ2n) is 6.28. The van der Waals surface area contributed by atoms with Crippen molar-refractivity contribution >= 4 is 33.6 Å². The molecule has 0 radical (unpaired) electrons. The van der Waals surface area contributed by atoms with Crippen LogP contribution in [0.15, 0.2) is 53.4 Å². The van der Waals surface area contributed by atoms with Crippen molar-refractivity contribution in [1.82, 2.24) is 10.0 Å². The highest BCUT2D eigenvalue weighted by Crippen LogP contribution is 2.21. The highest BCUT2D eigenvalue weighted by atomic mass is 32.2. The van der Waals surface area contributed by atoms with Gasteiger partial charge in [-0.3, -0.25) is 9.59 Å². The van der Waals surface area contributed by atoms with Crippen molar-refractivity contribution in [2.24, 2.45) is 0 Å². The summed E-state index contributed by atoms with van der Waals surface area (Å²) in [5.74, 6) is -0.980. The monoisotopic (exact) mass is 433 g/mol. The van der Waals surface area contributed by atoms with E-state index in [4.69, 9.17) is 4.74 Å². The van der Waals surface area contributed by atoms with Gasteiger partial charge in [0.05, 0.1) is 10.5 Å². The molecule has 3 N–H and O–H groups in total. The zero-order valence-corrected chi connectivity index (χ0v) is 17.4. The van der Waals surface area contributed by atoms with Gasteiger partial charge >= 0.3 is 12.0 Å². The molecule has 0 atom stereocenters. The lowest BCUT2D eigenvalue weighted by Crippen LogP contribution is -2.39. The van der Waals surface area contributed by atoms with Gasteiger partial charge in [0.15, 0.2) is 0 Å². The Balaban J connectivity index is 2.06. The topological polar surface area (TPSA) is 131 Å². The van der Waals surface area contributed by atoms with Gasteiger partial charge in [-0.25, -0.2) is 17.9 Å². The Bertz CT molecular complexity index is 1020. The lowest BCUT2D eigenvalue weighted by molar-refractivity contribution is -0.131. The first kappa shape index (κ1) is 22.9. The fourth-order valence-electron chi connectivity index (χ4n) is 2.41. The summed E-state index contributed by atoms with van der Waals surface area (Å²) in [6.07, 6.45) is 1.61. The summed E-state index contributed by atoms with van der Waals surface area (Å²) in [7, 11) is -4.05. The first-order chi connectivity index (χ1) is 14.2. The van der Waals surface area contributed by atoms with Crippen LogP contribution in [0.25, 0.3) is 0 Å². The van der Waals surface area contributed by atoms with E-state index in [1.54, 1.807) is 12.1 Å². The van der Waals surface area contributed by atoms with Crippen molar-refractivity contribution in [2.75, 3.05) is 11.9 Å². The summed E-state index contributed by atoms with van der Waals surface area (Å²) in [5.41, 5.74) is 0.471. The van der Waals surface area contributed by atoms with Gasteiger partial charge < -0.3 is 15.4 Å². The maximum Gasteiger partial charge on any atom is 0.328 e. The molecule has 0 saturated carbocycles. The maximum atomic E-state index is 12.5. The number of carbonyl (C=O) groups excluding carboxylic acids is 3. The lowest BCUT2D eigenvalue weighted by atomic mass is 10.2. The normalized spacial score (nSPS) is 10.7. The smallest absolute Gasteiger partial charge is 0.328 e. The minimum Gasteiger partial charge on any atom is -0.426 e. The molecule has 3 amide bonds. The Morgan fingerprint density at radius 1 is 1.00 bits per heavy atom. The summed E-state index contributed by atoms with van der Waals surface area (Å²) >= 11 is 0. The number of esters is 1. The number of rotatable bonds is 8. The van der Waals surface area contributed by atoms with Crippen molar-refractivity contribution in [3.63, 3.8) is 0 Å². The molecule has 0 aromatic heterocycles. The average molecular weight is 433 g/mol. The molecule has 0 bridgehead atoms. The predicted octanol–water partition coefficient (Wildman–Crippen LogP) is 2.65. The van der Waals surface area contributed by atoms with Crippen LogP contribution in [0.2, 0.25) is 0 Å². The number of urea groups is 1. The fourth-order valence-corrected chi connectivity index (χ4v) is 3.34. The van der Waals surface area contributed by atoms with Gasteiger partial charge in [0.2, 0.25) is 0 Å². The van der Waals surface area contributed by atoms with Crippen LogP contribution in [0.5, 0.6) is 5.75 Å². The number of nitrogens with one attached hydrogen (secondary N) is 3. The Kier molecular flexibility index (Phi) is 7.93. The largest absolute Gasteiger partial charge is 0.426 e. The lowest BCUT2D eigenvalue weighted by Gasteiger charge is -2.11. The number of unbranched alkanes of at least 4 members (excludes halogenated alkanes) is 1. The third kappa shape index (κ3) is 6.59. The van der Waals surface area contributed by atoms with Crippen molar-refractivity contribution < 1.29 is 27.5 Å². The van der Waals surface area contributed by atoms with E-state index < -0.39 is 27.9 Å². The van der Waals surface area contributed by atoms with Gasteiger partial charge in [-0.2, -0.15) is 0 Å². The number of ether oxygens (including phenoxy) is 1. The summed E-state index contributed by atoms with van der Waals surface area (Å²) in [4.78, 5) is 35.2. The maximum absolute atomic E-state index is 12.5. The zero-order chi connectivity index (χ0) is 22.1. The molecule has 0 aliphatic heterocycles. The van der Waals surface area contributed by atoms with Crippen LogP contribution in [0, 0.1) is 0 Å². The van der Waals surface area contributed by atoms with E-state index >= 15 is 0 Å². The van der Waals surface area contributed by atoms with E-state index in [1.165, 1.54) is 43.3 Å². The Morgan fingerprint density at radius 2 is 1.67 bits per heavy atom. The third-order valence-corrected chi connectivity index (χ3v) is 5.20. The van der Waals surface area contributed by atoms with E-state index in [-0.39, 0.29) is 16.2 Å². The summed E-state index contributed by atoms with van der Waals surface area (Å²) in [5, 5.41) is 5.06. The van der Waals surface area contributed by atoms with E-state index in [0.29, 0.717) is 12.2 Å². The van der Waals surface area contributed by atoms with Crippen LogP contribution in [0.4, 0.5) is 10.5 Å². The van der Waals surface area contributed by atoms with Crippen molar-refractivity contribution in [1.29, 1.82) is 0 Å². The molecule has 0 fully saturated rings.